The maximum absolute atomic E-state index is 13.1. The van der Waals surface area contributed by atoms with Crippen molar-refractivity contribution < 1.29 is 13.9 Å². The van der Waals surface area contributed by atoms with E-state index in [4.69, 9.17) is 4.74 Å². The number of carbonyl (C=O) groups is 1. The lowest BCUT2D eigenvalue weighted by molar-refractivity contribution is 0.208. The maximum Gasteiger partial charge on any atom is 0.322 e. The number of amides is 2. The van der Waals surface area contributed by atoms with E-state index in [1.54, 1.807) is 17.0 Å². The van der Waals surface area contributed by atoms with Gasteiger partial charge in [-0.15, -0.1) is 10.2 Å². The van der Waals surface area contributed by atoms with Crippen molar-refractivity contribution in [3.63, 3.8) is 0 Å². The van der Waals surface area contributed by atoms with Gasteiger partial charge in [0.05, 0.1) is 18.0 Å². The summed E-state index contributed by atoms with van der Waals surface area (Å²) in [4.78, 5) is 16.6. The van der Waals surface area contributed by atoms with Crippen molar-refractivity contribution in [1.29, 1.82) is 0 Å². The second-order valence-corrected chi connectivity index (χ2v) is 7.12. The van der Waals surface area contributed by atoms with Gasteiger partial charge in [0.15, 0.2) is 5.82 Å². The number of aromatic nitrogens is 2. The van der Waals surface area contributed by atoms with E-state index in [1.807, 2.05) is 43.3 Å². The molecule has 2 aromatic carbocycles. The van der Waals surface area contributed by atoms with Gasteiger partial charge in [0.2, 0.25) is 0 Å². The Labute approximate surface area is 180 Å². The minimum absolute atomic E-state index is 0.149. The van der Waals surface area contributed by atoms with Crippen LogP contribution < -0.4 is 15.0 Å². The van der Waals surface area contributed by atoms with Crippen molar-refractivity contribution in [2.45, 2.75) is 6.92 Å². The van der Waals surface area contributed by atoms with Gasteiger partial charge in [-0.05, 0) is 55.5 Å². The summed E-state index contributed by atoms with van der Waals surface area (Å²) in [7, 11) is 0. The van der Waals surface area contributed by atoms with E-state index in [1.165, 1.54) is 12.1 Å². The third-order valence-electron chi connectivity index (χ3n) is 5.11. The molecule has 0 atom stereocenters. The molecule has 1 aliphatic heterocycles. The minimum atomic E-state index is -0.281. The molecule has 2 heterocycles. The highest BCUT2D eigenvalue weighted by molar-refractivity contribution is 5.91. The molecule has 3 aromatic rings. The van der Waals surface area contributed by atoms with Crippen molar-refractivity contribution in [2.24, 2.45) is 0 Å². The predicted octanol–water partition coefficient (Wildman–Crippen LogP) is 4.04. The van der Waals surface area contributed by atoms with Gasteiger partial charge in [-0.1, -0.05) is 12.1 Å². The average molecular weight is 421 g/mol. The number of para-hydroxylation sites is 2. The van der Waals surface area contributed by atoms with Crippen LogP contribution in [0.2, 0.25) is 0 Å². The molecule has 0 unspecified atom stereocenters. The molecule has 0 aliphatic carbocycles. The highest BCUT2D eigenvalue weighted by Gasteiger charge is 2.23. The quantitative estimate of drug-likeness (QED) is 0.673. The van der Waals surface area contributed by atoms with Gasteiger partial charge in [0, 0.05) is 31.7 Å². The second kappa shape index (κ2) is 9.42. The Morgan fingerprint density at radius 2 is 1.74 bits per heavy atom. The smallest absolute Gasteiger partial charge is 0.322 e. The van der Waals surface area contributed by atoms with Crippen LogP contribution >= 0.6 is 0 Å². The molecule has 160 valence electrons. The Kier molecular flexibility index (Phi) is 6.26. The second-order valence-electron chi connectivity index (χ2n) is 7.12. The van der Waals surface area contributed by atoms with Crippen LogP contribution in [0.25, 0.3) is 11.3 Å². The Balaban J connectivity index is 1.34. The largest absolute Gasteiger partial charge is 0.492 e. The van der Waals surface area contributed by atoms with E-state index in [-0.39, 0.29) is 11.8 Å². The number of nitrogens with zero attached hydrogens (tertiary/aromatic N) is 4. The Morgan fingerprint density at radius 3 is 2.42 bits per heavy atom. The van der Waals surface area contributed by atoms with Crippen molar-refractivity contribution in [2.75, 3.05) is 43.0 Å². The fourth-order valence-electron chi connectivity index (χ4n) is 3.45. The van der Waals surface area contributed by atoms with E-state index in [9.17, 15) is 9.18 Å². The standard InChI is InChI=1S/C23H24FN5O2/c1-2-31-21-6-4-3-5-20(21)25-23(30)29-15-13-28(14-16-29)22-12-11-19(26-27-22)17-7-9-18(24)10-8-17/h3-12H,2,13-16H2,1H3,(H,25,30). The van der Waals surface area contributed by atoms with Gasteiger partial charge in [0.1, 0.15) is 11.6 Å². The van der Waals surface area contributed by atoms with E-state index in [0.717, 1.165) is 11.4 Å². The molecule has 1 fully saturated rings. The molecule has 31 heavy (non-hydrogen) atoms. The number of urea groups is 1. The van der Waals surface area contributed by atoms with Crippen LogP contribution in [-0.4, -0.2) is 53.9 Å². The number of benzene rings is 2. The number of rotatable bonds is 5. The first kappa shape index (κ1) is 20.6. The van der Waals surface area contributed by atoms with E-state index >= 15 is 0 Å². The Hall–Kier alpha value is -3.68. The van der Waals surface area contributed by atoms with Gasteiger partial charge in [-0.2, -0.15) is 0 Å². The van der Waals surface area contributed by atoms with Crippen LogP contribution in [0, 0.1) is 5.82 Å². The van der Waals surface area contributed by atoms with Gasteiger partial charge < -0.3 is 19.9 Å². The third kappa shape index (κ3) is 4.91. The van der Waals surface area contributed by atoms with Crippen molar-refractivity contribution >= 4 is 17.5 Å². The summed E-state index contributed by atoms with van der Waals surface area (Å²) in [6.45, 7) is 4.91. The summed E-state index contributed by atoms with van der Waals surface area (Å²) in [5, 5.41) is 11.5. The van der Waals surface area contributed by atoms with Crippen LogP contribution in [0.15, 0.2) is 60.7 Å². The van der Waals surface area contributed by atoms with Crippen LogP contribution in [0.1, 0.15) is 6.92 Å². The molecule has 2 amide bonds. The van der Waals surface area contributed by atoms with Crippen LogP contribution in [0.5, 0.6) is 5.75 Å². The lowest BCUT2D eigenvalue weighted by Gasteiger charge is -2.35. The van der Waals surface area contributed by atoms with E-state index in [0.29, 0.717) is 49.9 Å². The molecule has 1 aromatic heterocycles. The number of anilines is 2. The van der Waals surface area contributed by atoms with Crippen LogP contribution in [0.3, 0.4) is 0 Å². The lowest BCUT2D eigenvalue weighted by Crippen LogP contribution is -2.50. The molecular formula is C23H24FN5O2. The van der Waals surface area contributed by atoms with Crippen LogP contribution in [-0.2, 0) is 0 Å². The average Bonchev–Trinajstić information content (AvgIpc) is 2.81. The molecule has 4 rings (SSSR count). The highest BCUT2D eigenvalue weighted by atomic mass is 19.1. The minimum Gasteiger partial charge on any atom is -0.492 e. The first-order chi connectivity index (χ1) is 15.1. The summed E-state index contributed by atoms with van der Waals surface area (Å²) in [6, 6.07) is 17.2. The summed E-state index contributed by atoms with van der Waals surface area (Å²) in [5.74, 6) is 1.14. The topological polar surface area (TPSA) is 70.6 Å². The van der Waals surface area contributed by atoms with Gasteiger partial charge in [0.25, 0.3) is 0 Å². The highest BCUT2D eigenvalue weighted by Crippen LogP contribution is 2.24. The Morgan fingerprint density at radius 1 is 1.00 bits per heavy atom. The zero-order valence-electron chi connectivity index (χ0n) is 17.3. The summed E-state index contributed by atoms with van der Waals surface area (Å²) < 4.78 is 18.7. The van der Waals surface area contributed by atoms with Crippen molar-refractivity contribution in [3.8, 4) is 17.0 Å². The zero-order valence-corrected chi connectivity index (χ0v) is 17.3. The monoisotopic (exact) mass is 421 g/mol. The molecule has 1 aliphatic rings. The SMILES string of the molecule is CCOc1ccccc1NC(=O)N1CCN(c2ccc(-c3ccc(F)cc3)nn2)CC1. The maximum atomic E-state index is 13.1. The number of ether oxygens (including phenoxy) is 1. The fourth-order valence-corrected chi connectivity index (χ4v) is 3.45. The number of carbonyl (C=O) groups excluding carboxylic acids is 1. The zero-order chi connectivity index (χ0) is 21.6. The fraction of sp³-hybridized carbons (Fsp3) is 0.261. The molecule has 0 bridgehead atoms. The van der Waals surface area contributed by atoms with Crippen LogP contribution in [0.4, 0.5) is 20.7 Å². The number of halogens is 1. The van der Waals surface area contributed by atoms with Crippen molar-refractivity contribution in [3.05, 3.63) is 66.5 Å². The first-order valence-electron chi connectivity index (χ1n) is 10.3. The molecular weight excluding hydrogens is 397 g/mol. The molecule has 8 heteroatoms. The summed E-state index contributed by atoms with van der Waals surface area (Å²) in [5.41, 5.74) is 2.17. The lowest BCUT2D eigenvalue weighted by atomic mass is 10.1. The Bertz CT molecular complexity index is 1020. The predicted molar refractivity (Wildman–Crippen MR) is 118 cm³/mol. The molecule has 0 spiro atoms. The third-order valence-corrected chi connectivity index (χ3v) is 5.11. The molecule has 0 saturated carbocycles. The van der Waals surface area contributed by atoms with Gasteiger partial charge in [-0.3, -0.25) is 0 Å². The molecule has 1 N–H and O–H groups in total. The number of hydrogen-bond acceptors (Lipinski definition) is 5. The van der Waals surface area contributed by atoms with Crippen molar-refractivity contribution in [1.82, 2.24) is 15.1 Å². The van der Waals surface area contributed by atoms with E-state index < -0.39 is 0 Å². The normalized spacial score (nSPS) is 13.7. The van der Waals surface area contributed by atoms with Gasteiger partial charge >= 0.3 is 6.03 Å². The number of nitrogens with one attached hydrogen (secondary N) is 1. The van der Waals surface area contributed by atoms with Gasteiger partial charge in [-0.25, -0.2) is 9.18 Å². The number of piperazine rings is 1. The first-order valence-corrected chi connectivity index (χ1v) is 10.3. The molecule has 7 nitrogen and oxygen atoms in total. The summed E-state index contributed by atoms with van der Waals surface area (Å²) in [6.07, 6.45) is 0. The summed E-state index contributed by atoms with van der Waals surface area (Å²) >= 11 is 0. The molecule has 0 radical (unpaired) electrons. The molecule has 1 saturated heterocycles. The number of hydrogen-bond donors (Lipinski definition) is 1. The van der Waals surface area contributed by atoms with E-state index in [2.05, 4.69) is 20.4 Å².